The molecule has 1 aliphatic carbocycles. The monoisotopic (exact) mass is 423 g/mol. The van der Waals surface area contributed by atoms with Crippen molar-refractivity contribution in [3.8, 4) is 11.5 Å². The molecular formula is C23H25N3O3S. The summed E-state index contributed by atoms with van der Waals surface area (Å²) in [7, 11) is 3.25. The number of ether oxygens (including phenoxy) is 2. The molecule has 2 aromatic heterocycles. The maximum Gasteiger partial charge on any atom is 0.281 e. The minimum atomic E-state index is -0.202. The second kappa shape index (κ2) is 7.32. The summed E-state index contributed by atoms with van der Waals surface area (Å²) in [5.41, 5.74) is 2.79. The van der Waals surface area contributed by atoms with E-state index in [4.69, 9.17) is 15.3 Å². The van der Waals surface area contributed by atoms with Crippen LogP contribution in [0.4, 0.5) is 0 Å². The number of aryl methyl sites for hydroxylation is 1. The molecule has 0 saturated carbocycles. The fourth-order valence-electron chi connectivity index (χ4n) is 3.92. The van der Waals surface area contributed by atoms with Gasteiger partial charge in [-0.25, -0.2) is 9.66 Å². The van der Waals surface area contributed by atoms with E-state index in [9.17, 15) is 4.79 Å². The van der Waals surface area contributed by atoms with E-state index in [1.54, 1.807) is 32.5 Å². The van der Waals surface area contributed by atoms with Crippen LogP contribution in [0.2, 0.25) is 0 Å². The molecule has 156 valence electrons. The summed E-state index contributed by atoms with van der Waals surface area (Å²) in [4.78, 5) is 19.3. The van der Waals surface area contributed by atoms with Crippen LogP contribution in [0.25, 0.3) is 22.4 Å². The van der Waals surface area contributed by atoms with Gasteiger partial charge in [0.2, 0.25) is 0 Å². The first kappa shape index (κ1) is 20.2. The first-order valence-corrected chi connectivity index (χ1v) is 10.5. The zero-order valence-corrected chi connectivity index (χ0v) is 18.6. The van der Waals surface area contributed by atoms with Crippen molar-refractivity contribution < 1.29 is 9.47 Å². The zero-order chi connectivity index (χ0) is 21.6. The van der Waals surface area contributed by atoms with Gasteiger partial charge in [0.15, 0.2) is 11.5 Å². The Hall–Kier alpha value is -3.06. The minimum Gasteiger partial charge on any atom is -0.493 e. The molecule has 0 bridgehead atoms. The van der Waals surface area contributed by atoms with Crippen molar-refractivity contribution in [2.45, 2.75) is 32.6 Å². The summed E-state index contributed by atoms with van der Waals surface area (Å²) in [5, 5.41) is 0.605. The number of rotatable bonds is 4. The van der Waals surface area contributed by atoms with Crippen molar-refractivity contribution in [2.75, 3.05) is 20.1 Å². The number of hydrogen-bond acceptors (Lipinski definition) is 6. The van der Waals surface area contributed by atoms with Crippen molar-refractivity contribution in [1.29, 1.82) is 0 Å². The maximum atomic E-state index is 12.8. The number of benzene rings is 1. The molecule has 2 heterocycles. The quantitative estimate of drug-likeness (QED) is 0.634. The predicted octanol–water partition coefficient (Wildman–Crippen LogP) is 4.28. The largest absolute Gasteiger partial charge is 0.493 e. The molecule has 4 rings (SSSR count). The topological polar surface area (TPSA) is 79.4 Å². The van der Waals surface area contributed by atoms with E-state index in [2.05, 4.69) is 31.0 Å². The second-order valence-corrected chi connectivity index (χ2v) is 9.09. The molecule has 3 aromatic rings. The Morgan fingerprint density at radius 1 is 1.20 bits per heavy atom. The highest BCUT2D eigenvalue weighted by atomic mass is 32.1. The Kier molecular flexibility index (Phi) is 4.94. The van der Waals surface area contributed by atoms with Gasteiger partial charge in [-0.1, -0.05) is 32.1 Å². The van der Waals surface area contributed by atoms with Crippen LogP contribution in [0.5, 0.6) is 11.5 Å². The van der Waals surface area contributed by atoms with Crippen LogP contribution in [-0.2, 0) is 5.41 Å². The average Bonchev–Trinajstić information content (AvgIpc) is 3.09. The number of allylic oxidation sites excluding steroid dienone is 2. The Morgan fingerprint density at radius 2 is 1.93 bits per heavy atom. The average molecular weight is 424 g/mol. The summed E-state index contributed by atoms with van der Waals surface area (Å²) in [6.45, 7) is 6.15. The first-order chi connectivity index (χ1) is 14.2. The van der Waals surface area contributed by atoms with E-state index < -0.39 is 0 Å². The van der Waals surface area contributed by atoms with Crippen molar-refractivity contribution in [3.63, 3.8) is 0 Å². The lowest BCUT2D eigenvalue weighted by Crippen LogP contribution is -2.30. The molecule has 0 amide bonds. The van der Waals surface area contributed by atoms with Crippen LogP contribution >= 0.6 is 11.3 Å². The number of nitrogens with two attached hydrogens (primary N) is 1. The lowest BCUT2D eigenvalue weighted by atomic mass is 9.77. The van der Waals surface area contributed by atoms with E-state index >= 15 is 0 Å². The normalized spacial score (nSPS) is 15.3. The second-order valence-electron chi connectivity index (χ2n) is 8.09. The number of aromatic nitrogens is 2. The number of hydrogen-bond donors (Lipinski definition) is 1. The van der Waals surface area contributed by atoms with Crippen LogP contribution in [0.15, 0.2) is 34.6 Å². The zero-order valence-electron chi connectivity index (χ0n) is 17.8. The van der Waals surface area contributed by atoms with Gasteiger partial charge in [-0.3, -0.25) is 4.79 Å². The Morgan fingerprint density at radius 3 is 2.63 bits per heavy atom. The molecule has 0 spiro atoms. The number of methoxy groups -OCH3 is 2. The SMILES string of the molecule is COc1ccc(/C=C/C2=Cc3c(sc4nc(C)n(N)c(=O)c34)C(C)(C)C2)cc1OC. The molecule has 0 atom stereocenters. The highest BCUT2D eigenvalue weighted by molar-refractivity contribution is 7.19. The highest BCUT2D eigenvalue weighted by Crippen LogP contribution is 2.45. The number of nitrogens with zero attached hydrogens (tertiary/aromatic N) is 2. The lowest BCUT2D eigenvalue weighted by molar-refractivity contribution is 0.355. The lowest BCUT2D eigenvalue weighted by Gasteiger charge is -2.29. The van der Waals surface area contributed by atoms with Gasteiger partial charge in [0.05, 0.1) is 19.6 Å². The van der Waals surface area contributed by atoms with Crippen molar-refractivity contribution in [2.24, 2.45) is 0 Å². The summed E-state index contributed by atoms with van der Waals surface area (Å²) in [5.74, 6) is 7.82. The molecule has 1 aliphatic rings. The van der Waals surface area contributed by atoms with Crippen molar-refractivity contribution in [1.82, 2.24) is 9.66 Å². The summed E-state index contributed by atoms with van der Waals surface area (Å²) in [6.07, 6.45) is 7.10. The van der Waals surface area contributed by atoms with Gasteiger partial charge < -0.3 is 15.3 Å². The van der Waals surface area contributed by atoms with Crippen molar-refractivity contribution in [3.05, 3.63) is 62.0 Å². The molecule has 0 saturated heterocycles. The Bertz CT molecular complexity index is 1260. The van der Waals surface area contributed by atoms with E-state index in [0.29, 0.717) is 22.7 Å². The van der Waals surface area contributed by atoms with Crippen LogP contribution in [0.3, 0.4) is 0 Å². The third kappa shape index (κ3) is 3.29. The summed E-state index contributed by atoms with van der Waals surface area (Å²) >= 11 is 1.59. The Balaban J connectivity index is 1.80. The van der Waals surface area contributed by atoms with Gasteiger partial charge in [0, 0.05) is 15.9 Å². The molecule has 0 fully saturated rings. The third-order valence-corrected chi connectivity index (χ3v) is 6.92. The molecule has 0 aliphatic heterocycles. The fourth-order valence-corrected chi connectivity index (χ4v) is 5.21. The molecule has 30 heavy (non-hydrogen) atoms. The fraction of sp³-hybridized carbons (Fsp3) is 0.304. The molecule has 7 heteroatoms. The van der Waals surface area contributed by atoms with Crippen LogP contribution in [-0.4, -0.2) is 23.9 Å². The highest BCUT2D eigenvalue weighted by Gasteiger charge is 2.32. The van der Waals surface area contributed by atoms with Crippen LogP contribution in [0.1, 0.15) is 42.1 Å². The first-order valence-electron chi connectivity index (χ1n) is 9.67. The third-order valence-electron chi connectivity index (χ3n) is 5.46. The molecule has 1 aromatic carbocycles. The van der Waals surface area contributed by atoms with E-state index in [0.717, 1.165) is 32.6 Å². The maximum absolute atomic E-state index is 12.8. The van der Waals surface area contributed by atoms with E-state index in [1.165, 1.54) is 4.88 Å². The van der Waals surface area contributed by atoms with Crippen LogP contribution in [0, 0.1) is 6.92 Å². The van der Waals surface area contributed by atoms with Gasteiger partial charge in [-0.2, -0.15) is 0 Å². The Labute approximate surface area is 179 Å². The van der Waals surface area contributed by atoms with Gasteiger partial charge in [-0.15, -0.1) is 11.3 Å². The van der Waals surface area contributed by atoms with E-state index in [-0.39, 0.29) is 11.0 Å². The van der Waals surface area contributed by atoms with Gasteiger partial charge in [0.25, 0.3) is 5.56 Å². The predicted molar refractivity (Wildman–Crippen MR) is 123 cm³/mol. The van der Waals surface area contributed by atoms with Gasteiger partial charge >= 0.3 is 0 Å². The smallest absolute Gasteiger partial charge is 0.281 e. The molecule has 6 nitrogen and oxygen atoms in total. The van der Waals surface area contributed by atoms with Gasteiger partial charge in [-0.05, 0) is 42.7 Å². The molecule has 0 unspecified atom stereocenters. The minimum absolute atomic E-state index is 0.105. The van der Waals surface area contributed by atoms with Gasteiger partial charge in [0.1, 0.15) is 10.7 Å². The number of nitrogen functional groups attached to an aromatic ring is 1. The molecule has 0 radical (unpaired) electrons. The van der Waals surface area contributed by atoms with Crippen molar-refractivity contribution >= 4 is 33.7 Å². The summed E-state index contributed by atoms with van der Waals surface area (Å²) in [6, 6.07) is 5.81. The summed E-state index contributed by atoms with van der Waals surface area (Å²) < 4.78 is 11.8. The standard InChI is InChI=1S/C23H25N3O3S/c1-13-25-21-19(22(27)26(13)24)16-10-15(12-23(2,3)20(16)30-21)7-6-14-8-9-17(28-4)18(11-14)29-5/h6-11H,12,24H2,1-5H3/b7-6+. The molecule has 2 N–H and O–H groups in total. The molecular weight excluding hydrogens is 398 g/mol. The number of fused-ring (bicyclic) bond motifs is 3. The van der Waals surface area contributed by atoms with Crippen LogP contribution < -0.4 is 20.9 Å². The van der Waals surface area contributed by atoms with E-state index in [1.807, 2.05) is 24.3 Å². The number of thiophene rings is 1.